The zero-order valence-corrected chi connectivity index (χ0v) is 9.30. The van der Waals surface area contributed by atoms with Gasteiger partial charge in [-0.05, 0) is 0 Å². The third kappa shape index (κ3) is 1.79. The normalized spacial score (nSPS) is 34.7. The van der Waals surface area contributed by atoms with Gasteiger partial charge < -0.3 is 24.4 Å². The van der Waals surface area contributed by atoms with Gasteiger partial charge >= 0.3 is 5.97 Å². The first kappa shape index (κ1) is 11.6. The summed E-state index contributed by atoms with van der Waals surface area (Å²) in [6.07, 6.45) is -5.25. The van der Waals surface area contributed by atoms with Crippen molar-refractivity contribution in [3.8, 4) is 0 Å². The SMILES string of the molecule is O=C1O[C@H](C(O)O)[C@H]2OC(c3ccccc3)O[C@@H]12. The van der Waals surface area contributed by atoms with Crippen LogP contribution in [0.5, 0.6) is 0 Å². The van der Waals surface area contributed by atoms with Crippen LogP contribution in [0.1, 0.15) is 11.9 Å². The van der Waals surface area contributed by atoms with Gasteiger partial charge in [-0.25, -0.2) is 4.79 Å². The summed E-state index contributed by atoms with van der Waals surface area (Å²) in [6, 6.07) is 9.12. The van der Waals surface area contributed by atoms with Crippen LogP contribution in [0.25, 0.3) is 0 Å². The molecule has 0 amide bonds. The quantitative estimate of drug-likeness (QED) is 0.555. The van der Waals surface area contributed by atoms with E-state index in [1.54, 1.807) is 12.1 Å². The average molecular weight is 252 g/mol. The van der Waals surface area contributed by atoms with Crippen molar-refractivity contribution >= 4 is 5.97 Å². The van der Waals surface area contributed by atoms with Crippen LogP contribution in [-0.2, 0) is 19.0 Å². The number of cyclic esters (lactones) is 1. The molecule has 1 aromatic carbocycles. The molecule has 1 aromatic rings. The Balaban J connectivity index is 1.80. The third-order valence-corrected chi connectivity index (χ3v) is 3.02. The zero-order valence-electron chi connectivity index (χ0n) is 9.30. The molecule has 0 aliphatic carbocycles. The van der Waals surface area contributed by atoms with Gasteiger partial charge in [0, 0.05) is 5.56 Å². The van der Waals surface area contributed by atoms with Crippen LogP contribution in [0.2, 0.25) is 0 Å². The summed E-state index contributed by atoms with van der Waals surface area (Å²) >= 11 is 0. The lowest BCUT2D eigenvalue weighted by Gasteiger charge is -2.18. The molecular formula is C12H12O6. The lowest BCUT2D eigenvalue weighted by molar-refractivity contribution is -0.190. The summed E-state index contributed by atoms with van der Waals surface area (Å²) in [5.74, 6) is -0.628. The Kier molecular flexibility index (Phi) is 2.79. The molecule has 6 heteroatoms. The van der Waals surface area contributed by atoms with Crippen LogP contribution >= 0.6 is 0 Å². The molecule has 1 unspecified atom stereocenters. The molecule has 2 aliphatic rings. The maximum atomic E-state index is 11.5. The smallest absolute Gasteiger partial charge is 0.338 e. The highest BCUT2D eigenvalue weighted by Gasteiger charge is 2.55. The van der Waals surface area contributed by atoms with Crippen molar-refractivity contribution < 1.29 is 29.2 Å². The van der Waals surface area contributed by atoms with E-state index in [1.165, 1.54) is 0 Å². The van der Waals surface area contributed by atoms with Crippen molar-refractivity contribution in [2.75, 3.05) is 0 Å². The van der Waals surface area contributed by atoms with E-state index in [0.717, 1.165) is 5.56 Å². The second-order valence-electron chi connectivity index (χ2n) is 4.22. The van der Waals surface area contributed by atoms with E-state index < -0.39 is 36.9 Å². The fourth-order valence-electron chi connectivity index (χ4n) is 2.16. The monoisotopic (exact) mass is 252 g/mol. The van der Waals surface area contributed by atoms with Gasteiger partial charge in [0.2, 0.25) is 0 Å². The predicted octanol–water partition coefficient (Wildman–Crippen LogP) is -0.295. The van der Waals surface area contributed by atoms with Crippen LogP contribution in [0, 0.1) is 0 Å². The van der Waals surface area contributed by atoms with Gasteiger partial charge in [-0.2, -0.15) is 0 Å². The summed E-state index contributed by atoms with van der Waals surface area (Å²) in [4.78, 5) is 11.5. The number of hydrogen-bond donors (Lipinski definition) is 2. The fraction of sp³-hybridized carbons (Fsp3) is 0.417. The number of benzene rings is 1. The van der Waals surface area contributed by atoms with E-state index in [-0.39, 0.29) is 0 Å². The Morgan fingerprint density at radius 1 is 1.11 bits per heavy atom. The Hall–Kier alpha value is -1.47. The number of carbonyl (C=O) groups excluding carboxylic acids is 1. The molecule has 2 N–H and O–H groups in total. The summed E-state index contributed by atoms with van der Waals surface area (Å²) < 4.78 is 15.8. The second kappa shape index (κ2) is 4.33. The summed E-state index contributed by atoms with van der Waals surface area (Å²) in [6.45, 7) is 0. The highest BCUT2D eigenvalue weighted by Crippen LogP contribution is 2.38. The lowest BCUT2D eigenvalue weighted by atomic mass is 10.1. The number of fused-ring (bicyclic) bond motifs is 1. The number of ether oxygens (including phenoxy) is 3. The molecule has 0 bridgehead atoms. The molecule has 2 fully saturated rings. The Labute approximate surface area is 103 Å². The molecule has 0 saturated carbocycles. The predicted molar refractivity (Wildman–Crippen MR) is 57.0 cm³/mol. The number of hydrogen-bond acceptors (Lipinski definition) is 6. The van der Waals surface area contributed by atoms with E-state index in [4.69, 9.17) is 24.4 Å². The van der Waals surface area contributed by atoms with E-state index in [0.29, 0.717) is 0 Å². The minimum Gasteiger partial charge on any atom is -0.452 e. The fourth-order valence-corrected chi connectivity index (χ4v) is 2.16. The van der Waals surface area contributed by atoms with Crippen LogP contribution in [0.3, 0.4) is 0 Å². The molecule has 2 aliphatic heterocycles. The third-order valence-electron chi connectivity index (χ3n) is 3.02. The lowest BCUT2D eigenvalue weighted by Crippen LogP contribution is -2.37. The Morgan fingerprint density at radius 3 is 2.50 bits per heavy atom. The van der Waals surface area contributed by atoms with Crippen LogP contribution in [0.15, 0.2) is 30.3 Å². The molecule has 0 radical (unpaired) electrons. The van der Waals surface area contributed by atoms with Gasteiger partial charge in [0.25, 0.3) is 0 Å². The number of aliphatic hydroxyl groups excluding tert-OH is 1. The highest BCUT2D eigenvalue weighted by molar-refractivity contribution is 5.78. The van der Waals surface area contributed by atoms with E-state index in [9.17, 15) is 4.79 Å². The Bertz CT molecular complexity index is 445. The summed E-state index contributed by atoms with van der Waals surface area (Å²) in [7, 11) is 0. The summed E-state index contributed by atoms with van der Waals surface area (Å²) in [5.41, 5.74) is 0.769. The van der Waals surface area contributed by atoms with E-state index >= 15 is 0 Å². The van der Waals surface area contributed by atoms with Gasteiger partial charge in [0.1, 0.15) is 6.10 Å². The Morgan fingerprint density at radius 2 is 1.83 bits per heavy atom. The van der Waals surface area contributed by atoms with E-state index in [2.05, 4.69) is 0 Å². The molecule has 0 spiro atoms. The van der Waals surface area contributed by atoms with Gasteiger partial charge in [-0.15, -0.1) is 0 Å². The van der Waals surface area contributed by atoms with Crippen molar-refractivity contribution in [3.63, 3.8) is 0 Å². The van der Waals surface area contributed by atoms with Crippen LogP contribution < -0.4 is 0 Å². The standard InChI is InChI=1S/C12H12O6/c13-10(14)8-7-9(11(15)16-8)18-12(17-7)6-4-2-1-3-5-6/h1-5,7-10,12-14H/t7-,8+,9-,12?/m1/s1. The van der Waals surface area contributed by atoms with Gasteiger partial charge in [0.05, 0.1) is 0 Å². The zero-order chi connectivity index (χ0) is 12.7. The van der Waals surface area contributed by atoms with Crippen molar-refractivity contribution in [3.05, 3.63) is 35.9 Å². The molecule has 96 valence electrons. The van der Waals surface area contributed by atoms with Crippen LogP contribution in [-0.4, -0.2) is 40.8 Å². The molecule has 2 saturated heterocycles. The minimum atomic E-state index is -1.78. The number of carbonyl (C=O) groups is 1. The second-order valence-corrected chi connectivity index (χ2v) is 4.22. The first-order chi connectivity index (χ1) is 8.66. The van der Waals surface area contributed by atoms with Crippen molar-refractivity contribution in [2.24, 2.45) is 0 Å². The summed E-state index contributed by atoms with van der Waals surface area (Å²) in [5, 5.41) is 18.2. The molecule has 0 aromatic heterocycles. The molecule has 3 rings (SSSR count). The molecular weight excluding hydrogens is 240 g/mol. The molecule has 6 nitrogen and oxygen atoms in total. The first-order valence-electron chi connectivity index (χ1n) is 5.59. The molecule has 18 heavy (non-hydrogen) atoms. The van der Waals surface area contributed by atoms with Gasteiger partial charge in [-0.3, -0.25) is 0 Å². The van der Waals surface area contributed by atoms with Crippen molar-refractivity contribution in [1.82, 2.24) is 0 Å². The maximum Gasteiger partial charge on any atom is 0.338 e. The minimum absolute atomic E-state index is 0.628. The van der Waals surface area contributed by atoms with E-state index in [1.807, 2.05) is 18.2 Å². The van der Waals surface area contributed by atoms with Gasteiger partial charge in [0.15, 0.2) is 24.8 Å². The van der Waals surface area contributed by atoms with Crippen molar-refractivity contribution in [2.45, 2.75) is 30.9 Å². The topological polar surface area (TPSA) is 85.2 Å². The number of rotatable bonds is 2. The molecule has 2 heterocycles. The van der Waals surface area contributed by atoms with Gasteiger partial charge in [-0.1, -0.05) is 30.3 Å². The van der Waals surface area contributed by atoms with Crippen LogP contribution in [0.4, 0.5) is 0 Å². The average Bonchev–Trinajstić information content (AvgIpc) is 2.91. The first-order valence-corrected chi connectivity index (χ1v) is 5.59. The van der Waals surface area contributed by atoms with Crippen molar-refractivity contribution in [1.29, 1.82) is 0 Å². The highest BCUT2D eigenvalue weighted by atomic mass is 16.8. The number of aliphatic hydroxyl groups is 2. The largest absolute Gasteiger partial charge is 0.452 e. The number of esters is 1. The maximum absolute atomic E-state index is 11.5. The molecule has 4 atom stereocenters.